The van der Waals surface area contributed by atoms with Crippen molar-refractivity contribution in [3.63, 3.8) is 0 Å². The number of para-hydroxylation sites is 1. The molecule has 31 heavy (non-hydrogen) atoms. The predicted molar refractivity (Wildman–Crippen MR) is 113 cm³/mol. The van der Waals surface area contributed by atoms with Crippen molar-refractivity contribution in [2.45, 2.75) is 13.5 Å². The summed E-state index contributed by atoms with van der Waals surface area (Å²) in [5.74, 6) is -2.89. The number of nitro benzene ring substituents is 1. The van der Waals surface area contributed by atoms with E-state index < -0.39 is 27.9 Å². The first-order valence-corrected chi connectivity index (χ1v) is 9.29. The maximum atomic E-state index is 12.9. The van der Waals surface area contributed by atoms with Gasteiger partial charge in [0.1, 0.15) is 5.76 Å². The van der Waals surface area contributed by atoms with Crippen molar-refractivity contribution in [1.82, 2.24) is 4.57 Å². The predicted octanol–water partition coefficient (Wildman–Crippen LogP) is 2.99. The number of ketones is 1. The SMILES string of the molecule is CCOC(=O)C(=O)/C=C(\O)c1cn(Cc2ccc([N+](=O)[O-])cc2)c2ccccc2c1=O. The number of carbonyl (C=O) groups excluding carboxylic acids is 2. The molecule has 3 aromatic rings. The molecule has 0 aliphatic heterocycles. The van der Waals surface area contributed by atoms with Crippen LogP contribution in [0.25, 0.3) is 16.7 Å². The van der Waals surface area contributed by atoms with Gasteiger partial charge in [0.25, 0.3) is 11.5 Å². The van der Waals surface area contributed by atoms with E-state index in [1.807, 2.05) is 0 Å². The fraction of sp³-hybridized carbons (Fsp3) is 0.136. The van der Waals surface area contributed by atoms with Crippen LogP contribution in [-0.4, -0.2) is 33.0 Å². The van der Waals surface area contributed by atoms with Gasteiger partial charge in [0, 0.05) is 36.3 Å². The van der Waals surface area contributed by atoms with Crippen LogP contribution in [0.1, 0.15) is 18.1 Å². The van der Waals surface area contributed by atoms with Crippen LogP contribution in [0.4, 0.5) is 5.69 Å². The zero-order valence-corrected chi connectivity index (χ0v) is 16.5. The fourth-order valence-electron chi connectivity index (χ4n) is 3.04. The standard InChI is InChI=1S/C22H18N2O7/c1-2-31-22(28)20(26)11-19(25)17-13-23(18-6-4-3-5-16(18)21(17)27)12-14-7-9-15(10-8-14)24(29)30/h3-11,13,25H,2,12H2,1H3/b19-11-. The lowest BCUT2D eigenvalue weighted by Crippen LogP contribution is -2.18. The van der Waals surface area contributed by atoms with E-state index in [1.54, 1.807) is 41.0 Å². The molecule has 1 N–H and O–H groups in total. The molecule has 0 aliphatic rings. The first kappa shape index (κ1) is 21.4. The second-order valence-electron chi connectivity index (χ2n) is 6.55. The van der Waals surface area contributed by atoms with Crippen LogP contribution in [0.3, 0.4) is 0 Å². The monoisotopic (exact) mass is 422 g/mol. The lowest BCUT2D eigenvalue weighted by Gasteiger charge is -2.13. The van der Waals surface area contributed by atoms with Gasteiger partial charge in [0.05, 0.1) is 22.6 Å². The largest absolute Gasteiger partial charge is 0.507 e. The topological polar surface area (TPSA) is 129 Å². The summed E-state index contributed by atoms with van der Waals surface area (Å²) in [4.78, 5) is 46.6. The molecule has 1 aromatic heterocycles. The fourth-order valence-corrected chi connectivity index (χ4v) is 3.04. The third-order valence-electron chi connectivity index (χ3n) is 4.51. The number of hydrogen-bond donors (Lipinski definition) is 1. The minimum atomic E-state index is -1.14. The second kappa shape index (κ2) is 9.04. The molecule has 0 saturated heterocycles. The minimum absolute atomic E-state index is 0.00278. The lowest BCUT2D eigenvalue weighted by atomic mass is 10.1. The first-order valence-electron chi connectivity index (χ1n) is 9.29. The van der Waals surface area contributed by atoms with Crippen LogP contribution in [0, 0.1) is 10.1 Å². The Labute approximate surface area is 176 Å². The molecule has 0 unspecified atom stereocenters. The number of nitrogens with zero attached hydrogens (tertiary/aromatic N) is 2. The summed E-state index contributed by atoms with van der Waals surface area (Å²) < 4.78 is 6.27. The van der Waals surface area contributed by atoms with Gasteiger partial charge in [-0.1, -0.05) is 24.3 Å². The van der Waals surface area contributed by atoms with Crippen LogP contribution in [0.5, 0.6) is 0 Å². The smallest absolute Gasteiger partial charge is 0.379 e. The summed E-state index contributed by atoms with van der Waals surface area (Å²) in [6.45, 7) is 1.77. The van der Waals surface area contributed by atoms with Gasteiger partial charge in [0.15, 0.2) is 5.43 Å². The van der Waals surface area contributed by atoms with Crippen molar-refractivity contribution in [3.8, 4) is 0 Å². The normalized spacial score (nSPS) is 11.3. The zero-order chi connectivity index (χ0) is 22.5. The highest BCUT2D eigenvalue weighted by Crippen LogP contribution is 2.19. The summed E-state index contributed by atoms with van der Waals surface area (Å²) in [7, 11) is 0. The van der Waals surface area contributed by atoms with Gasteiger partial charge >= 0.3 is 5.97 Å². The van der Waals surface area contributed by atoms with Gasteiger partial charge in [-0.15, -0.1) is 0 Å². The number of carbonyl (C=O) groups is 2. The van der Waals surface area contributed by atoms with Crippen molar-refractivity contribution in [1.29, 1.82) is 0 Å². The van der Waals surface area contributed by atoms with Crippen molar-refractivity contribution in [2.75, 3.05) is 6.61 Å². The molecule has 0 fully saturated rings. The number of hydrogen-bond acceptors (Lipinski definition) is 7. The summed E-state index contributed by atoms with van der Waals surface area (Å²) >= 11 is 0. The molecule has 158 valence electrons. The van der Waals surface area contributed by atoms with Crippen molar-refractivity contribution in [2.24, 2.45) is 0 Å². The number of aliphatic hydroxyl groups excluding tert-OH is 1. The molecule has 0 spiro atoms. The Hall–Kier alpha value is -4.27. The van der Waals surface area contributed by atoms with Crippen LogP contribution >= 0.6 is 0 Å². The summed E-state index contributed by atoms with van der Waals surface area (Å²) in [6.07, 6.45) is 2.02. The van der Waals surface area contributed by atoms with E-state index in [0.717, 1.165) is 5.56 Å². The van der Waals surface area contributed by atoms with E-state index in [4.69, 9.17) is 0 Å². The number of fused-ring (bicyclic) bond motifs is 1. The molecular weight excluding hydrogens is 404 g/mol. The van der Waals surface area contributed by atoms with Crippen LogP contribution < -0.4 is 5.43 Å². The summed E-state index contributed by atoms with van der Waals surface area (Å²) in [6, 6.07) is 12.6. The van der Waals surface area contributed by atoms with E-state index in [1.165, 1.54) is 25.3 Å². The van der Waals surface area contributed by atoms with E-state index in [0.29, 0.717) is 17.0 Å². The molecule has 0 radical (unpaired) electrons. The van der Waals surface area contributed by atoms with Crippen molar-refractivity contribution < 1.29 is 24.4 Å². The highest BCUT2D eigenvalue weighted by Gasteiger charge is 2.17. The molecule has 0 amide bonds. The Balaban J connectivity index is 2.07. The number of ether oxygens (including phenoxy) is 1. The average Bonchev–Trinajstić information content (AvgIpc) is 2.76. The Kier molecular flexibility index (Phi) is 6.25. The van der Waals surface area contributed by atoms with E-state index >= 15 is 0 Å². The molecule has 0 bridgehead atoms. The minimum Gasteiger partial charge on any atom is -0.507 e. The molecular formula is C22H18N2O7. The van der Waals surface area contributed by atoms with Crippen LogP contribution in [0.15, 0.2) is 65.6 Å². The maximum Gasteiger partial charge on any atom is 0.379 e. The second-order valence-corrected chi connectivity index (χ2v) is 6.55. The Morgan fingerprint density at radius 3 is 2.48 bits per heavy atom. The number of aliphatic hydroxyl groups is 1. The first-order chi connectivity index (χ1) is 14.8. The quantitative estimate of drug-likeness (QED) is 0.155. The highest BCUT2D eigenvalue weighted by atomic mass is 16.6. The average molecular weight is 422 g/mol. The zero-order valence-electron chi connectivity index (χ0n) is 16.5. The number of benzene rings is 2. The van der Waals surface area contributed by atoms with E-state index in [2.05, 4.69) is 4.74 Å². The number of aromatic nitrogens is 1. The van der Waals surface area contributed by atoms with Crippen LogP contribution in [-0.2, 0) is 20.9 Å². The third-order valence-corrected chi connectivity index (χ3v) is 4.51. The van der Waals surface area contributed by atoms with Crippen molar-refractivity contribution >= 4 is 34.1 Å². The molecule has 9 nitrogen and oxygen atoms in total. The van der Waals surface area contributed by atoms with Gasteiger partial charge in [-0.05, 0) is 24.6 Å². The highest BCUT2D eigenvalue weighted by molar-refractivity contribution is 6.39. The van der Waals surface area contributed by atoms with Gasteiger partial charge in [0.2, 0.25) is 0 Å². The lowest BCUT2D eigenvalue weighted by molar-refractivity contribution is -0.384. The van der Waals surface area contributed by atoms with Gasteiger partial charge in [-0.25, -0.2) is 4.79 Å². The summed E-state index contributed by atoms with van der Waals surface area (Å²) in [5.41, 5.74) is 0.557. The van der Waals surface area contributed by atoms with Gasteiger partial charge < -0.3 is 14.4 Å². The number of nitro groups is 1. The molecule has 0 aliphatic carbocycles. The number of non-ortho nitro benzene ring substituents is 1. The van der Waals surface area contributed by atoms with Crippen LogP contribution in [0.2, 0.25) is 0 Å². The van der Waals surface area contributed by atoms with Gasteiger partial charge in [-0.3, -0.25) is 19.7 Å². The molecule has 0 atom stereocenters. The number of esters is 1. The molecule has 2 aromatic carbocycles. The maximum absolute atomic E-state index is 12.9. The van der Waals surface area contributed by atoms with Gasteiger partial charge in [-0.2, -0.15) is 0 Å². The molecule has 3 rings (SSSR count). The third kappa shape index (κ3) is 4.67. The summed E-state index contributed by atoms with van der Waals surface area (Å²) in [5, 5.41) is 21.5. The molecule has 1 heterocycles. The van der Waals surface area contributed by atoms with E-state index in [9.17, 15) is 29.6 Å². The number of rotatable bonds is 7. The Bertz CT molecular complexity index is 1260. The van der Waals surface area contributed by atoms with Crippen molar-refractivity contribution in [3.05, 3.63) is 92.3 Å². The molecule has 0 saturated carbocycles. The van der Waals surface area contributed by atoms with E-state index in [-0.39, 0.29) is 24.4 Å². The Morgan fingerprint density at radius 1 is 1.16 bits per heavy atom. The molecule has 9 heteroatoms. The number of pyridine rings is 1. The Morgan fingerprint density at radius 2 is 1.84 bits per heavy atom.